The van der Waals surface area contributed by atoms with Crippen LogP contribution in [-0.4, -0.2) is 25.2 Å². The molecule has 25 heavy (non-hydrogen) atoms. The zero-order chi connectivity index (χ0) is 18.0. The summed E-state index contributed by atoms with van der Waals surface area (Å²) < 4.78 is 20.8. The van der Waals surface area contributed by atoms with Gasteiger partial charge in [-0.3, -0.25) is 0 Å². The maximum atomic E-state index is 11.7. The Morgan fingerprint density at radius 2 is 2.08 bits per heavy atom. The maximum absolute atomic E-state index is 11.7. The van der Waals surface area contributed by atoms with Gasteiger partial charge in [-0.2, -0.15) is 10.4 Å². The summed E-state index contributed by atoms with van der Waals surface area (Å²) in [6.07, 6.45) is 3.03. The number of fused-ring (bicyclic) bond motifs is 1. The molecule has 128 valence electrons. The molecule has 7 nitrogen and oxygen atoms in total. The SMILES string of the molecule is CS(=N)(=O)c1ccc(CNc2ccnc3c2c(Cl)nn3CC#N)cc1. The molecular formula is C16H15ClN6OS. The molecule has 2 aromatic heterocycles. The molecule has 0 radical (unpaired) electrons. The number of aromatic nitrogens is 3. The van der Waals surface area contributed by atoms with Crippen LogP contribution in [0.1, 0.15) is 5.56 Å². The second-order valence-corrected chi connectivity index (χ2v) is 8.02. The van der Waals surface area contributed by atoms with Crippen LogP contribution in [-0.2, 0) is 22.8 Å². The third-order valence-electron chi connectivity index (χ3n) is 3.67. The molecule has 0 aliphatic carbocycles. The van der Waals surface area contributed by atoms with Crippen molar-refractivity contribution in [3.63, 3.8) is 0 Å². The first-order chi connectivity index (χ1) is 11.9. The lowest BCUT2D eigenvalue weighted by atomic mass is 10.2. The quantitative estimate of drug-likeness (QED) is 0.712. The van der Waals surface area contributed by atoms with Gasteiger partial charge in [-0.05, 0) is 23.8 Å². The van der Waals surface area contributed by atoms with Gasteiger partial charge in [-0.15, -0.1) is 0 Å². The summed E-state index contributed by atoms with van der Waals surface area (Å²) in [5, 5.41) is 17.2. The summed E-state index contributed by atoms with van der Waals surface area (Å²) in [7, 11) is -2.71. The normalized spacial score (nSPS) is 13.3. The summed E-state index contributed by atoms with van der Waals surface area (Å²) in [5.74, 6) is 0. The minimum Gasteiger partial charge on any atom is -0.380 e. The van der Waals surface area contributed by atoms with Crippen molar-refractivity contribution in [1.29, 1.82) is 10.0 Å². The molecule has 0 saturated carbocycles. The number of benzene rings is 1. The highest BCUT2D eigenvalue weighted by Crippen LogP contribution is 2.29. The maximum Gasteiger partial charge on any atom is 0.162 e. The van der Waals surface area contributed by atoms with Crippen LogP contribution in [0.2, 0.25) is 5.15 Å². The molecule has 0 aliphatic rings. The highest BCUT2D eigenvalue weighted by atomic mass is 35.5. The second kappa shape index (κ2) is 6.70. The minimum absolute atomic E-state index is 0.0740. The van der Waals surface area contributed by atoms with E-state index >= 15 is 0 Å². The van der Waals surface area contributed by atoms with Gasteiger partial charge in [0.1, 0.15) is 6.54 Å². The molecule has 1 aromatic carbocycles. The fraction of sp³-hybridized carbons (Fsp3) is 0.188. The second-order valence-electron chi connectivity index (χ2n) is 5.50. The zero-order valence-corrected chi connectivity index (χ0v) is 14.9. The molecule has 9 heteroatoms. The van der Waals surface area contributed by atoms with Gasteiger partial charge < -0.3 is 5.32 Å². The molecule has 0 fully saturated rings. The monoisotopic (exact) mass is 374 g/mol. The first-order valence-corrected chi connectivity index (χ1v) is 9.69. The topological polar surface area (TPSA) is 107 Å². The molecule has 3 rings (SSSR count). The van der Waals surface area contributed by atoms with Crippen LogP contribution in [0.3, 0.4) is 0 Å². The summed E-state index contributed by atoms with van der Waals surface area (Å²) in [4.78, 5) is 4.75. The molecule has 1 unspecified atom stereocenters. The van der Waals surface area contributed by atoms with E-state index in [1.807, 2.05) is 18.2 Å². The van der Waals surface area contributed by atoms with Crippen molar-refractivity contribution in [3.05, 3.63) is 47.2 Å². The predicted octanol–water partition coefficient (Wildman–Crippen LogP) is 3.26. The van der Waals surface area contributed by atoms with Crippen molar-refractivity contribution in [2.24, 2.45) is 0 Å². The van der Waals surface area contributed by atoms with Gasteiger partial charge in [0, 0.05) is 23.9 Å². The van der Waals surface area contributed by atoms with Crippen molar-refractivity contribution in [1.82, 2.24) is 14.8 Å². The van der Waals surface area contributed by atoms with Gasteiger partial charge in [-0.1, -0.05) is 23.7 Å². The first-order valence-electron chi connectivity index (χ1n) is 7.35. The van der Waals surface area contributed by atoms with Crippen LogP contribution in [0.25, 0.3) is 11.0 Å². The van der Waals surface area contributed by atoms with Crippen LogP contribution >= 0.6 is 11.6 Å². The van der Waals surface area contributed by atoms with Crippen LogP contribution in [0.5, 0.6) is 0 Å². The van der Waals surface area contributed by atoms with E-state index in [1.165, 1.54) is 10.9 Å². The number of pyridine rings is 1. The van der Waals surface area contributed by atoms with E-state index in [4.69, 9.17) is 21.6 Å². The van der Waals surface area contributed by atoms with E-state index in [0.717, 1.165) is 11.3 Å². The molecule has 0 bridgehead atoms. The number of hydrogen-bond acceptors (Lipinski definition) is 6. The third-order valence-corrected chi connectivity index (χ3v) is 5.10. The molecule has 2 heterocycles. The van der Waals surface area contributed by atoms with Crippen LogP contribution in [0, 0.1) is 16.1 Å². The molecule has 2 N–H and O–H groups in total. The molecule has 0 saturated heterocycles. The lowest BCUT2D eigenvalue weighted by Gasteiger charge is -2.09. The Balaban J connectivity index is 1.85. The van der Waals surface area contributed by atoms with Crippen LogP contribution < -0.4 is 5.32 Å². The molecule has 0 spiro atoms. The molecule has 1 atom stereocenters. The average Bonchev–Trinajstić information content (AvgIpc) is 2.90. The number of halogens is 1. The average molecular weight is 375 g/mol. The zero-order valence-electron chi connectivity index (χ0n) is 13.4. The van der Waals surface area contributed by atoms with Gasteiger partial charge in [-0.25, -0.2) is 18.7 Å². The Morgan fingerprint density at radius 1 is 1.36 bits per heavy atom. The van der Waals surface area contributed by atoms with Gasteiger partial charge in [0.15, 0.2) is 10.8 Å². The van der Waals surface area contributed by atoms with Crippen LogP contribution in [0.15, 0.2) is 41.4 Å². The minimum atomic E-state index is -2.71. The first kappa shape index (κ1) is 17.2. The number of rotatable bonds is 5. The van der Waals surface area contributed by atoms with Crippen molar-refractivity contribution in [2.45, 2.75) is 18.0 Å². The van der Waals surface area contributed by atoms with E-state index in [2.05, 4.69) is 15.4 Å². The fourth-order valence-electron chi connectivity index (χ4n) is 2.44. The highest BCUT2D eigenvalue weighted by Gasteiger charge is 2.14. The fourth-order valence-corrected chi connectivity index (χ4v) is 3.37. The Morgan fingerprint density at radius 3 is 2.72 bits per heavy atom. The van der Waals surface area contributed by atoms with Crippen molar-refractivity contribution in [3.8, 4) is 6.07 Å². The Hall–Kier alpha value is -2.63. The number of nitriles is 1. The third kappa shape index (κ3) is 3.57. The Labute approximate surface area is 150 Å². The van der Waals surface area contributed by atoms with Crippen LogP contribution in [0.4, 0.5) is 5.69 Å². The predicted molar refractivity (Wildman–Crippen MR) is 97.0 cm³/mol. The smallest absolute Gasteiger partial charge is 0.162 e. The van der Waals surface area contributed by atoms with Crippen molar-refractivity contribution < 1.29 is 4.21 Å². The lowest BCUT2D eigenvalue weighted by molar-refractivity contribution is 0.679. The lowest BCUT2D eigenvalue weighted by Crippen LogP contribution is -2.02. The summed E-state index contributed by atoms with van der Waals surface area (Å²) in [6.45, 7) is 0.590. The number of anilines is 1. The van der Waals surface area contributed by atoms with Gasteiger partial charge in [0.25, 0.3) is 0 Å². The Bertz CT molecular complexity index is 1070. The summed E-state index contributed by atoms with van der Waals surface area (Å²) >= 11 is 6.20. The van der Waals surface area contributed by atoms with Gasteiger partial charge >= 0.3 is 0 Å². The standard InChI is InChI=1S/C16H15ClN6OS/c1-25(19,24)12-4-2-11(3-5-12)10-21-13-6-8-20-16-14(13)15(17)22-23(16)9-7-18/h2-6,8,19H,9-10H2,1H3,(H,20,21). The van der Waals surface area contributed by atoms with E-state index in [-0.39, 0.29) is 11.7 Å². The Kier molecular flexibility index (Phi) is 4.61. The highest BCUT2D eigenvalue weighted by molar-refractivity contribution is 7.91. The molecule has 3 aromatic rings. The van der Waals surface area contributed by atoms with E-state index in [9.17, 15) is 4.21 Å². The van der Waals surface area contributed by atoms with Crippen molar-refractivity contribution in [2.75, 3.05) is 11.6 Å². The van der Waals surface area contributed by atoms with E-state index in [1.54, 1.807) is 24.4 Å². The largest absolute Gasteiger partial charge is 0.380 e. The van der Waals surface area contributed by atoms with Crippen molar-refractivity contribution >= 4 is 38.1 Å². The summed E-state index contributed by atoms with van der Waals surface area (Å²) in [5.41, 5.74) is 2.28. The van der Waals surface area contributed by atoms with E-state index in [0.29, 0.717) is 22.5 Å². The summed E-state index contributed by atoms with van der Waals surface area (Å²) in [6, 6.07) is 10.9. The molecule has 0 amide bonds. The molecule has 0 aliphatic heterocycles. The number of nitrogens with zero attached hydrogens (tertiary/aromatic N) is 4. The van der Waals surface area contributed by atoms with E-state index < -0.39 is 9.73 Å². The molecular weight excluding hydrogens is 360 g/mol. The van der Waals surface area contributed by atoms with Gasteiger partial charge in [0.05, 0.1) is 26.9 Å². The number of nitrogens with one attached hydrogen (secondary N) is 2. The van der Waals surface area contributed by atoms with Gasteiger partial charge in [0.2, 0.25) is 0 Å². The number of hydrogen-bond donors (Lipinski definition) is 2.